The lowest BCUT2D eigenvalue weighted by Crippen LogP contribution is -2.44. The third-order valence-electron chi connectivity index (χ3n) is 2.61. The maximum absolute atomic E-state index is 13.6. The fourth-order valence-electron chi connectivity index (χ4n) is 1.72. The number of nitrogens with one attached hydrogen (secondary N) is 1. The number of hydrogen-bond donors (Lipinski definition) is 2. The van der Waals surface area contributed by atoms with Crippen LogP contribution >= 0.6 is 0 Å². The second kappa shape index (κ2) is 6.02. The number of benzene rings is 1. The molecule has 2 N–H and O–H groups in total. The number of nitrogens with zero attached hydrogens (tertiary/aromatic N) is 1. The van der Waals surface area contributed by atoms with Crippen LogP contribution in [-0.2, 0) is 0 Å². The largest absolute Gasteiger partial charge is 0.389 e. The van der Waals surface area contributed by atoms with Crippen LogP contribution in [0.4, 0.5) is 14.9 Å². The first kappa shape index (κ1) is 15.4. The van der Waals surface area contributed by atoms with E-state index in [1.807, 2.05) is 6.92 Å². The standard InChI is InChI=1S/C14H21FN2O2/c1-5-17(9-14(3,4)19)13(18)16-12-8-10(2)6-7-11(12)15/h6-8,19H,5,9H2,1-4H3,(H,16,18). The molecule has 4 nitrogen and oxygen atoms in total. The average Bonchev–Trinajstić information content (AvgIpc) is 2.29. The van der Waals surface area contributed by atoms with E-state index in [9.17, 15) is 14.3 Å². The number of rotatable bonds is 4. The SMILES string of the molecule is CCN(CC(C)(C)O)C(=O)Nc1cc(C)ccc1F. The molecule has 1 aromatic carbocycles. The summed E-state index contributed by atoms with van der Waals surface area (Å²) in [6.07, 6.45) is 0. The van der Waals surface area contributed by atoms with Crippen molar-refractivity contribution in [3.63, 3.8) is 0 Å². The third-order valence-corrected chi connectivity index (χ3v) is 2.61. The molecule has 0 saturated carbocycles. The van der Waals surface area contributed by atoms with Gasteiger partial charge in [-0.3, -0.25) is 0 Å². The normalized spacial score (nSPS) is 11.3. The number of urea groups is 1. The number of aliphatic hydroxyl groups is 1. The Morgan fingerprint density at radius 2 is 2.11 bits per heavy atom. The van der Waals surface area contributed by atoms with Gasteiger partial charge in [-0.1, -0.05) is 6.07 Å². The van der Waals surface area contributed by atoms with Crippen LogP contribution in [0.25, 0.3) is 0 Å². The number of carbonyl (C=O) groups excluding carboxylic acids is 1. The highest BCUT2D eigenvalue weighted by Crippen LogP contribution is 2.16. The molecule has 1 rings (SSSR count). The summed E-state index contributed by atoms with van der Waals surface area (Å²) in [5, 5.41) is 12.3. The van der Waals surface area contributed by atoms with Crippen molar-refractivity contribution in [3.8, 4) is 0 Å². The van der Waals surface area contributed by atoms with Gasteiger partial charge in [0.15, 0.2) is 0 Å². The fraction of sp³-hybridized carbons (Fsp3) is 0.500. The molecule has 0 aliphatic rings. The van der Waals surface area contributed by atoms with Gasteiger partial charge in [0.05, 0.1) is 17.8 Å². The maximum atomic E-state index is 13.6. The fourth-order valence-corrected chi connectivity index (χ4v) is 1.72. The zero-order valence-electron chi connectivity index (χ0n) is 11.8. The molecule has 0 aliphatic carbocycles. The van der Waals surface area contributed by atoms with Crippen LogP contribution in [-0.4, -0.2) is 34.7 Å². The van der Waals surface area contributed by atoms with Crippen molar-refractivity contribution in [3.05, 3.63) is 29.6 Å². The summed E-state index contributed by atoms with van der Waals surface area (Å²) in [7, 11) is 0. The minimum atomic E-state index is -0.988. The van der Waals surface area contributed by atoms with Crippen LogP contribution in [0.1, 0.15) is 26.3 Å². The molecule has 1 aromatic rings. The summed E-state index contributed by atoms with van der Waals surface area (Å²) in [6, 6.07) is 4.11. The topological polar surface area (TPSA) is 52.6 Å². The van der Waals surface area contributed by atoms with E-state index in [4.69, 9.17) is 0 Å². The van der Waals surface area contributed by atoms with Gasteiger partial charge in [0.2, 0.25) is 0 Å². The Morgan fingerprint density at radius 1 is 1.47 bits per heavy atom. The number of hydrogen-bond acceptors (Lipinski definition) is 2. The van der Waals surface area contributed by atoms with E-state index in [1.54, 1.807) is 32.9 Å². The Labute approximate surface area is 113 Å². The number of likely N-dealkylation sites (N-methyl/N-ethyl adjacent to an activating group) is 1. The maximum Gasteiger partial charge on any atom is 0.322 e. The smallest absolute Gasteiger partial charge is 0.322 e. The van der Waals surface area contributed by atoms with Gasteiger partial charge in [-0.2, -0.15) is 0 Å². The zero-order valence-corrected chi connectivity index (χ0v) is 11.8. The molecule has 0 saturated heterocycles. The molecule has 0 unspecified atom stereocenters. The van der Waals surface area contributed by atoms with Gasteiger partial charge < -0.3 is 15.3 Å². The first-order valence-corrected chi connectivity index (χ1v) is 6.27. The second-order valence-electron chi connectivity index (χ2n) is 5.24. The van der Waals surface area contributed by atoms with Gasteiger partial charge in [0.25, 0.3) is 0 Å². The molecule has 5 heteroatoms. The van der Waals surface area contributed by atoms with Crippen molar-refractivity contribution in [2.45, 2.75) is 33.3 Å². The van der Waals surface area contributed by atoms with Crippen LogP contribution in [0.15, 0.2) is 18.2 Å². The van der Waals surface area contributed by atoms with E-state index in [-0.39, 0.29) is 12.2 Å². The van der Waals surface area contributed by atoms with Crippen LogP contribution in [0.5, 0.6) is 0 Å². The lowest BCUT2D eigenvalue weighted by molar-refractivity contribution is 0.0501. The van der Waals surface area contributed by atoms with Crippen molar-refractivity contribution < 1.29 is 14.3 Å². The highest BCUT2D eigenvalue weighted by Gasteiger charge is 2.21. The molecule has 19 heavy (non-hydrogen) atoms. The molecule has 0 aromatic heterocycles. The molecular formula is C14H21FN2O2. The Morgan fingerprint density at radius 3 is 2.63 bits per heavy atom. The molecule has 0 radical (unpaired) electrons. The quantitative estimate of drug-likeness (QED) is 0.882. The van der Waals surface area contributed by atoms with E-state index in [0.29, 0.717) is 6.54 Å². The van der Waals surface area contributed by atoms with Crippen LogP contribution in [0.2, 0.25) is 0 Å². The molecule has 0 heterocycles. The van der Waals surface area contributed by atoms with E-state index in [2.05, 4.69) is 5.32 Å². The van der Waals surface area contributed by atoms with Crippen molar-refractivity contribution in [2.24, 2.45) is 0 Å². The Bertz CT molecular complexity index is 455. The summed E-state index contributed by atoms with van der Waals surface area (Å²) in [5.41, 5.74) is 0.0276. The second-order valence-corrected chi connectivity index (χ2v) is 5.24. The number of amides is 2. The minimum absolute atomic E-state index is 0.152. The highest BCUT2D eigenvalue weighted by molar-refractivity contribution is 5.89. The predicted octanol–water partition coefficient (Wildman–Crippen LogP) is 2.76. The Balaban J connectivity index is 2.80. The number of aryl methyl sites for hydroxylation is 1. The summed E-state index contributed by atoms with van der Waals surface area (Å²) in [4.78, 5) is 13.5. The lowest BCUT2D eigenvalue weighted by atomic mass is 10.1. The summed E-state index contributed by atoms with van der Waals surface area (Å²) in [6.45, 7) is 7.49. The van der Waals surface area contributed by atoms with Gasteiger partial charge in [-0.05, 0) is 45.4 Å². The first-order chi connectivity index (χ1) is 8.73. The highest BCUT2D eigenvalue weighted by atomic mass is 19.1. The lowest BCUT2D eigenvalue weighted by Gasteiger charge is -2.28. The predicted molar refractivity (Wildman–Crippen MR) is 73.7 cm³/mol. The van der Waals surface area contributed by atoms with E-state index in [0.717, 1.165) is 5.56 Å². The van der Waals surface area contributed by atoms with E-state index >= 15 is 0 Å². The summed E-state index contributed by atoms with van der Waals surface area (Å²) in [5.74, 6) is -0.474. The van der Waals surface area contributed by atoms with Crippen LogP contribution < -0.4 is 5.32 Å². The average molecular weight is 268 g/mol. The number of halogens is 1. The molecular weight excluding hydrogens is 247 g/mol. The monoisotopic (exact) mass is 268 g/mol. The van der Waals surface area contributed by atoms with Gasteiger partial charge in [0, 0.05) is 6.54 Å². The van der Waals surface area contributed by atoms with Crippen molar-refractivity contribution in [2.75, 3.05) is 18.4 Å². The molecule has 0 spiro atoms. The molecule has 2 amide bonds. The zero-order chi connectivity index (χ0) is 14.6. The van der Waals surface area contributed by atoms with Crippen molar-refractivity contribution in [1.82, 2.24) is 4.90 Å². The molecule has 0 aliphatic heterocycles. The first-order valence-electron chi connectivity index (χ1n) is 6.27. The van der Waals surface area contributed by atoms with E-state index in [1.165, 1.54) is 11.0 Å². The van der Waals surface area contributed by atoms with Gasteiger partial charge in [-0.25, -0.2) is 9.18 Å². The number of carbonyl (C=O) groups is 1. The van der Waals surface area contributed by atoms with Gasteiger partial charge >= 0.3 is 6.03 Å². The van der Waals surface area contributed by atoms with Gasteiger partial charge in [0.1, 0.15) is 5.82 Å². The minimum Gasteiger partial charge on any atom is -0.389 e. The van der Waals surface area contributed by atoms with Gasteiger partial charge in [-0.15, -0.1) is 0 Å². The van der Waals surface area contributed by atoms with E-state index < -0.39 is 17.4 Å². The molecule has 0 bridgehead atoms. The van der Waals surface area contributed by atoms with Crippen LogP contribution in [0, 0.1) is 12.7 Å². The Hall–Kier alpha value is -1.62. The third kappa shape index (κ3) is 4.87. The van der Waals surface area contributed by atoms with Crippen LogP contribution in [0.3, 0.4) is 0 Å². The molecule has 0 atom stereocenters. The summed E-state index contributed by atoms with van der Waals surface area (Å²) < 4.78 is 13.6. The van der Waals surface area contributed by atoms with Crippen molar-refractivity contribution in [1.29, 1.82) is 0 Å². The molecule has 106 valence electrons. The number of anilines is 1. The summed E-state index contributed by atoms with van der Waals surface area (Å²) >= 11 is 0. The Kier molecular flexibility index (Phi) is 4.89. The molecule has 0 fully saturated rings. The van der Waals surface area contributed by atoms with Crippen molar-refractivity contribution >= 4 is 11.7 Å².